The Morgan fingerprint density at radius 2 is 1.95 bits per heavy atom. The maximum Gasteiger partial charge on any atom is 0.350 e. The molecule has 0 spiro atoms. The number of aryl methyl sites for hydroxylation is 2. The van der Waals surface area contributed by atoms with E-state index in [0.717, 1.165) is 11.1 Å². The molecule has 0 saturated heterocycles. The molecule has 0 aliphatic rings. The molecule has 1 heterocycles. The lowest BCUT2D eigenvalue weighted by molar-refractivity contribution is 0.0607. The van der Waals surface area contributed by atoms with Crippen LogP contribution in [0.25, 0.3) is 0 Å². The number of thiophene rings is 1. The van der Waals surface area contributed by atoms with Crippen molar-refractivity contribution in [2.24, 2.45) is 0 Å². The summed E-state index contributed by atoms with van der Waals surface area (Å²) in [6.07, 6.45) is 0. The summed E-state index contributed by atoms with van der Waals surface area (Å²) in [6, 6.07) is 5.04. The predicted molar refractivity (Wildman–Crippen MR) is 84.5 cm³/mol. The van der Waals surface area contributed by atoms with Gasteiger partial charge < -0.3 is 10.1 Å². The third kappa shape index (κ3) is 3.25. The number of hydrogen-bond donors (Lipinski definition) is 1. The molecular formula is C15H14ClNO3S. The van der Waals surface area contributed by atoms with Crippen molar-refractivity contribution in [1.82, 2.24) is 0 Å². The van der Waals surface area contributed by atoms with Crippen LogP contribution in [0, 0.1) is 13.8 Å². The van der Waals surface area contributed by atoms with Gasteiger partial charge in [0.05, 0.1) is 12.8 Å². The summed E-state index contributed by atoms with van der Waals surface area (Å²) in [4.78, 5) is 24.4. The average Bonchev–Trinajstić information content (AvgIpc) is 2.79. The molecule has 0 radical (unpaired) electrons. The van der Waals surface area contributed by atoms with Crippen molar-refractivity contribution in [2.45, 2.75) is 13.8 Å². The first-order valence-corrected chi connectivity index (χ1v) is 7.43. The largest absolute Gasteiger partial charge is 0.465 e. The van der Waals surface area contributed by atoms with Gasteiger partial charge in [-0.3, -0.25) is 4.79 Å². The van der Waals surface area contributed by atoms with Gasteiger partial charge in [-0.1, -0.05) is 11.6 Å². The summed E-state index contributed by atoms with van der Waals surface area (Å²) in [5.41, 5.74) is 2.60. The number of esters is 1. The van der Waals surface area contributed by atoms with Crippen molar-refractivity contribution in [3.05, 3.63) is 50.2 Å². The average molecular weight is 324 g/mol. The highest BCUT2D eigenvalue weighted by Crippen LogP contribution is 2.29. The maximum atomic E-state index is 12.4. The molecule has 0 aliphatic carbocycles. The zero-order chi connectivity index (χ0) is 15.6. The minimum absolute atomic E-state index is 0.282. The van der Waals surface area contributed by atoms with E-state index in [9.17, 15) is 9.59 Å². The number of nitrogens with one attached hydrogen (secondary N) is 1. The first-order chi connectivity index (χ1) is 9.93. The van der Waals surface area contributed by atoms with Gasteiger partial charge in [0.15, 0.2) is 0 Å². The quantitative estimate of drug-likeness (QED) is 0.867. The molecule has 0 saturated carbocycles. The number of carbonyl (C=O) groups excluding carboxylic acids is 2. The zero-order valence-electron chi connectivity index (χ0n) is 11.8. The van der Waals surface area contributed by atoms with Gasteiger partial charge in [0.25, 0.3) is 5.91 Å². The van der Waals surface area contributed by atoms with Crippen molar-refractivity contribution < 1.29 is 14.3 Å². The van der Waals surface area contributed by atoms with Crippen LogP contribution in [0.5, 0.6) is 0 Å². The molecule has 110 valence electrons. The van der Waals surface area contributed by atoms with Crippen molar-refractivity contribution in [1.29, 1.82) is 0 Å². The second kappa shape index (κ2) is 6.28. The van der Waals surface area contributed by atoms with Gasteiger partial charge in [0.2, 0.25) is 0 Å². The van der Waals surface area contributed by atoms with E-state index in [2.05, 4.69) is 5.32 Å². The van der Waals surface area contributed by atoms with Crippen LogP contribution in [0.4, 0.5) is 5.69 Å². The Labute approximate surface area is 131 Å². The van der Waals surface area contributed by atoms with Gasteiger partial charge in [-0.2, -0.15) is 0 Å². The third-order valence-electron chi connectivity index (χ3n) is 3.02. The molecule has 0 aliphatic heterocycles. The summed E-state index contributed by atoms with van der Waals surface area (Å²) in [5, 5.41) is 5.16. The van der Waals surface area contributed by atoms with E-state index < -0.39 is 5.97 Å². The second-order valence-electron chi connectivity index (χ2n) is 4.53. The number of anilines is 1. The molecular weight excluding hydrogens is 310 g/mol. The molecule has 0 atom stereocenters. The number of carbonyl (C=O) groups is 2. The van der Waals surface area contributed by atoms with Crippen LogP contribution < -0.4 is 5.32 Å². The van der Waals surface area contributed by atoms with Gasteiger partial charge in [0.1, 0.15) is 4.88 Å². The topological polar surface area (TPSA) is 55.4 Å². The fraction of sp³-hybridized carbons (Fsp3) is 0.200. The summed E-state index contributed by atoms with van der Waals surface area (Å²) in [6.45, 7) is 3.63. The summed E-state index contributed by atoms with van der Waals surface area (Å²) in [5.74, 6) is -0.743. The van der Waals surface area contributed by atoms with E-state index in [0.29, 0.717) is 21.2 Å². The summed E-state index contributed by atoms with van der Waals surface area (Å²) in [7, 11) is 1.31. The fourth-order valence-electron chi connectivity index (χ4n) is 1.91. The SMILES string of the molecule is COC(=O)c1scc(C)c1NC(=O)c1ccc(Cl)cc1C. The lowest BCUT2D eigenvalue weighted by Crippen LogP contribution is -2.15. The lowest BCUT2D eigenvalue weighted by Gasteiger charge is -2.09. The second-order valence-corrected chi connectivity index (χ2v) is 5.84. The molecule has 2 rings (SSSR count). The molecule has 1 N–H and O–H groups in total. The fourth-order valence-corrected chi connectivity index (χ4v) is 3.05. The van der Waals surface area contributed by atoms with Gasteiger partial charge in [-0.05, 0) is 48.6 Å². The molecule has 1 aromatic heterocycles. The normalized spacial score (nSPS) is 10.3. The minimum atomic E-state index is -0.462. The molecule has 1 amide bonds. The van der Waals surface area contributed by atoms with E-state index in [-0.39, 0.29) is 5.91 Å². The highest BCUT2D eigenvalue weighted by atomic mass is 35.5. The number of amides is 1. The van der Waals surface area contributed by atoms with Gasteiger partial charge in [-0.25, -0.2) is 4.79 Å². The van der Waals surface area contributed by atoms with Crippen molar-refractivity contribution >= 4 is 40.5 Å². The molecule has 2 aromatic rings. The summed E-state index contributed by atoms with van der Waals surface area (Å²) >= 11 is 7.13. The lowest BCUT2D eigenvalue weighted by atomic mass is 10.1. The number of benzene rings is 1. The number of ether oxygens (including phenoxy) is 1. The van der Waals surface area contributed by atoms with Crippen LogP contribution in [-0.2, 0) is 4.74 Å². The number of rotatable bonds is 3. The van der Waals surface area contributed by atoms with Crippen LogP contribution >= 0.6 is 22.9 Å². The van der Waals surface area contributed by atoms with Gasteiger partial charge >= 0.3 is 5.97 Å². The highest BCUT2D eigenvalue weighted by molar-refractivity contribution is 7.12. The molecule has 4 nitrogen and oxygen atoms in total. The molecule has 0 unspecified atom stereocenters. The van der Waals surface area contributed by atoms with E-state index in [1.165, 1.54) is 18.4 Å². The smallest absolute Gasteiger partial charge is 0.350 e. The van der Waals surface area contributed by atoms with Crippen LogP contribution in [0.15, 0.2) is 23.6 Å². The van der Waals surface area contributed by atoms with Crippen LogP contribution in [0.2, 0.25) is 5.02 Å². The Bertz CT molecular complexity index is 709. The van der Waals surface area contributed by atoms with Gasteiger partial charge in [0, 0.05) is 10.6 Å². The van der Waals surface area contributed by atoms with Crippen molar-refractivity contribution in [2.75, 3.05) is 12.4 Å². The minimum Gasteiger partial charge on any atom is -0.465 e. The molecule has 6 heteroatoms. The van der Waals surface area contributed by atoms with E-state index in [1.54, 1.807) is 23.6 Å². The molecule has 0 fully saturated rings. The van der Waals surface area contributed by atoms with E-state index >= 15 is 0 Å². The maximum absolute atomic E-state index is 12.4. The first-order valence-electron chi connectivity index (χ1n) is 6.18. The Hall–Kier alpha value is -1.85. The van der Waals surface area contributed by atoms with Gasteiger partial charge in [-0.15, -0.1) is 11.3 Å². The first kappa shape index (κ1) is 15.5. The van der Waals surface area contributed by atoms with E-state index in [1.807, 2.05) is 13.8 Å². The number of hydrogen-bond acceptors (Lipinski definition) is 4. The Balaban J connectivity index is 2.32. The van der Waals surface area contributed by atoms with E-state index in [4.69, 9.17) is 16.3 Å². The van der Waals surface area contributed by atoms with Crippen molar-refractivity contribution in [3.8, 4) is 0 Å². The van der Waals surface area contributed by atoms with Crippen LogP contribution in [-0.4, -0.2) is 19.0 Å². The monoisotopic (exact) mass is 323 g/mol. The third-order valence-corrected chi connectivity index (χ3v) is 4.33. The Morgan fingerprint density at radius 1 is 1.24 bits per heavy atom. The standard InChI is InChI=1S/C15H14ClNO3S/c1-8-6-10(16)4-5-11(8)14(18)17-12-9(2)7-21-13(12)15(19)20-3/h4-7H,1-3H3,(H,17,18). The number of methoxy groups -OCH3 is 1. The predicted octanol–water partition coefficient (Wildman–Crippen LogP) is 4.06. The number of halogens is 1. The highest BCUT2D eigenvalue weighted by Gasteiger charge is 2.19. The Morgan fingerprint density at radius 3 is 2.57 bits per heavy atom. The molecule has 21 heavy (non-hydrogen) atoms. The molecule has 1 aromatic carbocycles. The summed E-state index contributed by atoms with van der Waals surface area (Å²) < 4.78 is 4.72. The Kier molecular flexibility index (Phi) is 4.65. The van der Waals surface area contributed by atoms with Crippen molar-refractivity contribution in [3.63, 3.8) is 0 Å². The molecule has 0 bridgehead atoms. The zero-order valence-corrected chi connectivity index (χ0v) is 13.4. The van der Waals surface area contributed by atoms with Crippen LogP contribution in [0.3, 0.4) is 0 Å². The van der Waals surface area contributed by atoms with Crippen LogP contribution in [0.1, 0.15) is 31.2 Å².